The number of morpholine rings is 1. The molecule has 0 aliphatic carbocycles. The zero-order chi connectivity index (χ0) is 15.5. The van der Waals surface area contributed by atoms with Crippen LogP contribution in [0.4, 0.5) is 16.2 Å². The molecule has 120 valence electrons. The van der Waals surface area contributed by atoms with Crippen LogP contribution in [0, 0.1) is 0 Å². The number of ether oxygens (including phenoxy) is 1. The van der Waals surface area contributed by atoms with Crippen LogP contribution in [-0.4, -0.2) is 49.8 Å². The van der Waals surface area contributed by atoms with Crippen LogP contribution in [0.2, 0.25) is 0 Å². The maximum absolute atomic E-state index is 12.5. The molecule has 0 aromatic heterocycles. The third-order valence-corrected chi connectivity index (χ3v) is 4.67. The van der Waals surface area contributed by atoms with E-state index in [-0.39, 0.29) is 12.1 Å². The number of fused-ring (bicyclic) bond motifs is 1. The van der Waals surface area contributed by atoms with Crippen LogP contribution in [0.5, 0.6) is 0 Å². The Morgan fingerprint density at radius 2 is 2.23 bits per heavy atom. The van der Waals surface area contributed by atoms with Crippen LogP contribution in [0.1, 0.15) is 25.8 Å². The standard InChI is InChI=1S/C17H25N3O2/c1-3-15-12-22-10-9-20(15)17(21)18-14-6-5-13-7-8-19(4-2)16(13)11-14/h5-6,11,15H,3-4,7-10,12H2,1-2H3,(H,18,21)/t15-/m0/s1. The smallest absolute Gasteiger partial charge is 0.322 e. The van der Waals surface area contributed by atoms with Crippen molar-refractivity contribution in [2.75, 3.05) is 43.1 Å². The van der Waals surface area contributed by atoms with Gasteiger partial charge in [-0.15, -0.1) is 0 Å². The van der Waals surface area contributed by atoms with Crippen molar-refractivity contribution >= 4 is 17.4 Å². The Bertz CT molecular complexity index is 547. The molecule has 5 heteroatoms. The third-order valence-electron chi connectivity index (χ3n) is 4.67. The Kier molecular flexibility index (Phi) is 4.52. The van der Waals surface area contributed by atoms with Crippen molar-refractivity contribution in [1.82, 2.24) is 4.90 Å². The number of carbonyl (C=O) groups excluding carboxylic acids is 1. The summed E-state index contributed by atoms with van der Waals surface area (Å²) in [7, 11) is 0. The predicted octanol–water partition coefficient (Wildman–Crippen LogP) is 2.71. The van der Waals surface area contributed by atoms with E-state index >= 15 is 0 Å². The SMILES string of the molecule is CC[C@H]1COCCN1C(=O)Nc1ccc2c(c1)N(CC)CC2. The van der Waals surface area contributed by atoms with Crippen LogP contribution in [-0.2, 0) is 11.2 Å². The van der Waals surface area contributed by atoms with Gasteiger partial charge in [-0.25, -0.2) is 4.79 Å². The van der Waals surface area contributed by atoms with E-state index in [2.05, 4.69) is 36.2 Å². The molecule has 2 aliphatic heterocycles. The van der Waals surface area contributed by atoms with Crippen LogP contribution in [0.25, 0.3) is 0 Å². The van der Waals surface area contributed by atoms with E-state index in [1.807, 2.05) is 11.0 Å². The molecule has 0 radical (unpaired) electrons. The van der Waals surface area contributed by atoms with Crippen LogP contribution in [0.3, 0.4) is 0 Å². The number of hydrogen-bond acceptors (Lipinski definition) is 3. The number of nitrogens with one attached hydrogen (secondary N) is 1. The minimum absolute atomic E-state index is 0.0175. The lowest BCUT2D eigenvalue weighted by atomic mass is 10.1. The molecule has 22 heavy (non-hydrogen) atoms. The van der Waals surface area contributed by atoms with Gasteiger partial charge in [0.05, 0.1) is 19.3 Å². The number of rotatable bonds is 3. The number of hydrogen-bond donors (Lipinski definition) is 1. The zero-order valence-electron chi connectivity index (χ0n) is 13.5. The average Bonchev–Trinajstić information content (AvgIpc) is 2.97. The van der Waals surface area contributed by atoms with Crippen molar-refractivity contribution in [2.45, 2.75) is 32.7 Å². The molecular formula is C17H25N3O2. The summed E-state index contributed by atoms with van der Waals surface area (Å²) in [5.41, 5.74) is 3.51. The topological polar surface area (TPSA) is 44.8 Å². The van der Waals surface area contributed by atoms with Gasteiger partial charge in [-0.1, -0.05) is 13.0 Å². The van der Waals surface area contributed by atoms with Gasteiger partial charge < -0.3 is 19.9 Å². The molecular weight excluding hydrogens is 278 g/mol. The van der Waals surface area contributed by atoms with Gasteiger partial charge in [0.25, 0.3) is 0 Å². The number of urea groups is 1. The Morgan fingerprint density at radius 3 is 3.00 bits per heavy atom. The monoisotopic (exact) mass is 303 g/mol. The van der Waals surface area contributed by atoms with Crippen molar-refractivity contribution < 1.29 is 9.53 Å². The van der Waals surface area contributed by atoms with E-state index in [9.17, 15) is 4.79 Å². The van der Waals surface area contributed by atoms with E-state index in [4.69, 9.17) is 4.74 Å². The highest BCUT2D eigenvalue weighted by molar-refractivity contribution is 5.90. The van der Waals surface area contributed by atoms with E-state index in [1.165, 1.54) is 11.3 Å². The lowest BCUT2D eigenvalue weighted by Gasteiger charge is -2.35. The maximum Gasteiger partial charge on any atom is 0.322 e. The third kappa shape index (κ3) is 2.90. The summed E-state index contributed by atoms with van der Waals surface area (Å²) >= 11 is 0. The van der Waals surface area contributed by atoms with Crippen molar-refractivity contribution in [3.63, 3.8) is 0 Å². The average molecular weight is 303 g/mol. The summed E-state index contributed by atoms with van der Waals surface area (Å²) in [5.74, 6) is 0. The first-order chi connectivity index (χ1) is 10.7. The van der Waals surface area contributed by atoms with Crippen molar-refractivity contribution in [3.05, 3.63) is 23.8 Å². The van der Waals surface area contributed by atoms with E-state index in [0.29, 0.717) is 19.8 Å². The van der Waals surface area contributed by atoms with Gasteiger partial charge >= 0.3 is 6.03 Å². The number of carbonyl (C=O) groups is 1. The molecule has 2 aliphatic rings. The Morgan fingerprint density at radius 1 is 1.36 bits per heavy atom. The summed E-state index contributed by atoms with van der Waals surface area (Å²) in [6.45, 7) is 8.26. The van der Waals surface area contributed by atoms with Crippen molar-refractivity contribution in [1.29, 1.82) is 0 Å². The van der Waals surface area contributed by atoms with E-state index in [1.54, 1.807) is 0 Å². The Hall–Kier alpha value is -1.75. The number of anilines is 2. The van der Waals surface area contributed by atoms with Gasteiger partial charge in [-0.3, -0.25) is 0 Å². The minimum atomic E-state index is -0.0175. The maximum atomic E-state index is 12.5. The summed E-state index contributed by atoms with van der Waals surface area (Å²) in [5, 5.41) is 3.06. The van der Waals surface area contributed by atoms with E-state index < -0.39 is 0 Å². The van der Waals surface area contributed by atoms with Crippen LogP contribution < -0.4 is 10.2 Å². The number of likely N-dealkylation sites (N-methyl/N-ethyl adjacent to an activating group) is 1. The minimum Gasteiger partial charge on any atom is -0.377 e. The molecule has 0 saturated carbocycles. The normalized spacial score (nSPS) is 20.9. The highest BCUT2D eigenvalue weighted by Gasteiger charge is 2.26. The van der Waals surface area contributed by atoms with Gasteiger partial charge in [0, 0.05) is 31.0 Å². The molecule has 2 amide bonds. The fourth-order valence-corrected chi connectivity index (χ4v) is 3.31. The molecule has 1 saturated heterocycles. The second-order valence-corrected chi connectivity index (χ2v) is 5.93. The van der Waals surface area contributed by atoms with Crippen LogP contribution >= 0.6 is 0 Å². The van der Waals surface area contributed by atoms with E-state index in [0.717, 1.165) is 31.6 Å². The quantitative estimate of drug-likeness (QED) is 0.934. The number of nitrogens with zero attached hydrogens (tertiary/aromatic N) is 2. The van der Waals surface area contributed by atoms with Gasteiger partial charge in [0.2, 0.25) is 0 Å². The Balaban J connectivity index is 1.71. The number of amides is 2. The van der Waals surface area contributed by atoms with Gasteiger partial charge in [-0.2, -0.15) is 0 Å². The summed E-state index contributed by atoms with van der Waals surface area (Å²) in [6, 6.07) is 6.41. The summed E-state index contributed by atoms with van der Waals surface area (Å²) in [6.07, 6.45) is 2.01. The first kappa shape index (κ1) is 15.2. The first-order valence-electron chi connectivity index (χ1n) is 8.26. The zero-order valence-corrected chi connectivity index (χ0v) is 13.5. The second-order valence-electron chi connectivity index (χ2n) is 5.93. The molecule has 1 aromatic carbocycles. The predicted molar refractivity (Wildman–Crippen MR) is 88.7 cm³/mol. The molecule has 1 aromatic rings. The summed E-state index contributed by atoms with van der Waals surface area (Å²) in [4.78, 5) is 16.8. The van der Waals surface area contributed by atoms with Gasteiger partial charge in [-0.05, 0) is 37.5 Å². The number of benzene rings is 1. The molecule has 0 spiro atoms. The molecule has 0 unspecified atom stereocenters. The highest BCUT2D eigenvalue weighted by atomic mass is 16.5. The van der Waals surface area contributed by atoms with Crippen LogP contribution in [0.15, 0.2) is 18.2 Å². The molecule has 1 atom stereocenters. The van der Waals surface area contributed by atoms with Gasteiger partial charge in [0.1, 0.15) is 0 Å². The molecule has 3 rings (SSSR count). The lowest BCUT2D eigenvalue weighted by Crippen LogP contribution is -2.50. The fraction of sp³-hybridized carbons (Fsp3) is 0.588. The summed E-state index contributed by atoms with van der Waals surface area (Å²) < 4.78 is 5.46. The molecule has 5 nitrogen and oxygen atoms in total. The largest absolute Gasteiger partial charge is 0.377 e. The lowest BCUT2D eigenvalue weighted by molar-refractivity contribution is 0.0144. The van der Waals surface area contributed by atoms with Crippen molar-refractivity contribution in [3.8, 4) is 0 Å². The molecule has 0 bridgehead atoms. The molecule has 1 N–H and O–H groups in total. The molecule has 2 heterocycles. The van der Waals surface area contributed by atoms with Crippen molar-refractivity contribution in [2.24, 2.45) is 0 Å². The highest BCUT2D eigenvalue weighted by Crippen LogP contribution is 2.30. The van der Waals surface area contributed by atoms with Gasteiger partial charge in [0.15, 0.2) is 0 Å². The Labute approximate surface area is 132 Å². The second kappa shape index (κ2) is 6.57. The fourth-order valence-electron chi connectivity index (χ4n) is 3.31. The first-order valence-corrected chi connectivity index (χ1v) is 8.26. The molecule has 1 fully saturated rings.